The van der Waals surface area contributed by atoms with E-state index in [1.807, 2.05) is 48.7 Å². The van der Waals surface area contributed by atoms with Gasteiger partial charge in [-0.25, -0.2) is 0 Å². The fourth-order valence-corrected chi connectivity index (χ4v) is 3.87. The van der Waals surface area contributed by atoms with Crippen LogP contribution >= 0.6 is 11.3 Å². The Morgan fingerprint density at radius 2 is 1.96 bits per heavy atom. The van der Waals surface area contributed by atoms with Crippen molar-refractivity contribution in [3.8, 4) is 0 Å². The lowest BCUT2D eigenvalue weighted by Crippen LogP contribution is -2.31. The smallest absolute Gasteiger partial charge is 0.290 e. The zero-order valence-corrected chi connectivity index (χ0v) is 15.3. The van der Waals surface area contributed by atoms with Gasteiger partial charge in [0.05, 0.1) is 18.2 Å². The van der Waals surface area contributed by atoms with Crippen LogP contribution in [0.2, 0.25) is 0 Å². The predicted octanol–water partition coefficient (Wildman–Crippen LogP) is 4.18. The molecule has 1 amide bonds. The van der Waals surface area contributed by atoms with E-state index in [9.17, 15) is 14.7 Å². The molecule has 2 aromatic rings. The Morgan fingerprint density at radius 1 is 1.24 bits per heavy atom. The van der Waals surface area contributed by atoms with Crippen molar-refractivity contribution in [3.63, 3.8) is 0 Å². The Hall–Kier alpha value is -2.40. The van der Waals surface area contributed by atoms with Gasteiger partial charge in [-0.1, -0.05) is 44.2 Å². The van der Waals surface area contributed by atoms with Crippen molar-refractivity contribution in [1.29, 1.82) is 0 Å². The third kappa shape index (κ3) is 3.12. The van der Waals surface area contributed by atoms with Gasteiger partial charge in [0, 0.05) is 10.8 Å². The molecule has 4 nitrogen and oxygen atoms in total. The fraction of sp³-hybridized carbons (Fsp3) is 0.300. The first kappa shape index (κ1) is 17.4. The highest BCUT2D eigenvalue weighted by Crippen LogP contribution is 2.41. The molecule has 0 saturated carbocycles. The highest BCUT2D eigenvalue weighted by molar-refractivity contribution is 7.09. The number of hydrogen-bond donors (Lipinski definition) is 1. The predicted molar refractivity (Wildman–Crippen MR) is 98.3 cm³/mol. The van der Waals surface area contributed by atoms with E-state index in [1.165, 1.54) is 0 Å². The first-order valence-electron chi connectivity index (χ1n) is 8.28. The molecule has 0 fully saturated rings. The maximum Gasteiger partial charge on any atom is 0.290 e. The molecule has 1 unspecified atom stereocenters. The number of hydrogen-bond acceptors (Lipinski definition) is 4. The molecule has 1 aromatic carbocycles. The summed E-state index contributed by atoms with van der Waals surface area (Å²) in [6.07, 6.45) is 0. The lowest BCUT2D eigenvalue weighted by atomic mass is 9.89. The quantitative estimate of drug-likeness (QED) is 0.875. The van der Waals surface area contributed by atoms with E-state index in [-0.39, 0.29) is 17.3 Å². The molecule has 0 spiro atoms. The lowest BCUT2D eigenvalue weighted by molar-refractivity contribution is -0.130. The van der Waals surface area contributed by atoms with E-state index >= 15 is 0 Å². The second-order valence-electron chi connectivity index (χ2n) is 6.55. The summed E-state index contributed by atoms with van der Waals surface area (Å²) < 4.78 is 0. The first-order chi connectivity index (χ1) is 11.9. The zero-order chi connectivity index (χ0) is 18.1. The molecule has 0 saturated heterocycles. The second-order valence-corrected chi connectivity index (χ2v) is 7.59. The van der Waals surface area contributed by atoms with Gasteiger partial charge in [0.1, 0.15) is 0 Å². The number of carbonyl (C=O) groups excluding carboxylic acids is 2. The third-order valence-electron chi connectivity index (χ3n) is 4.48. The first-order valence-corrected chi connectivity index (χ1v) is 9.16. The van der Waals surface area contributed by atoms with Crippen LogP contribution < -0.4 is 0 Å². The molecule has 0 aliphatic carbocycles. The van der Waals surface area contributed by atoms with Gasteiger partial charge in [0.15, 0.2) is 11.5 Å². The summed E-state index contributed by atoms with van der Waals surface area (Å²) >= 11 is 1.55. The van der Waals surface area contributed by atoms with Crippen molar-refractivity contribution in [2.45, 2.75) is 33.4 Å². The molecule has 1 aliphatic rings. The van der Waals surface area contributed by atoms with Gasteiger partial charge < -0.3 is 10.0 Å². The van der Waals surface area contributed by atoms with Crippen molar-refractivity contribution in [1.82, 2.24) is 4.90 Å². The number of nitrogens with zero attached hydrogens (tertiary/aromatic N) is 1. The van der Waals surface area contributed by atoms with Crippen LogP contribution in [0.5, 0.6) is 0 Å². The molecule has 130 valence electrons. The normalized spacial score (nSPS) is 17.7. The van der Waals surface area contributed by atoms with Crippen molar-refractivity contribution < 1.29 is 14.7 Å². The molecule has 5 heteroatoms. The van der Waals surface area contributed by atoms with Gasteiger partial charge in [-0.05, 0) is 29.5 Å². The molecule has 1 atom stereocenters. The highest BCUT2D eigenvalue weighted by atomic mass is 32.1. The van der Waals surface area contributed by atoms with Crippen LogP contribution in [-0.2, 0) is 16.1 Å². The number of aliphatic hydroxyl groups excluding tert-OH is 1. The van der Waals surface area contributed by atoms with Gasteiger partial charge in [-0.2, -0.15) is 0 Å². The molecule has 3 rings (SSSR count). The van der Waals surface area contributed by atoms with Crippen LogP contribution in [0.15, 0.2) is 53.1 Å². The minimum Gasteiger partial charge on any atom is -0.503 e. The SMILES string of the molecule is Cc1ccccc1C1C(C(=O)C(C)C)=C(O)C(=O)N1Cc1cccs1. The number of benzene rings is 1. The van der Waals surface area contributed by atoms with Crippen LogP contribution in [-0.4, -0.2) is 21.7 Å². The summed E-state index contributed by atoms with van der Waals surface area (Å²) in [5.74, 6) is -1.37. The number of thiophene rings is 1. The van der Waals surface area contributed by atoms with E-state index < -0.39 is 17.7 Å². The lowest BCUT2D eigenvalue weighted by Gasteiger charge is -2.28. The van der Waals surface area contributed by atoms with Crippen LogP contribution in [0.1, 0.15) is 35.9 Å². The fourth-order valence-electron chi connectivity index (χ4n) is 3.17. The van der Waals surface area contributed by atoms with Crippen LogP contribution in [0.25, 0.3) is 0 Å². The summed E-state index contributed by atoms with van der Waals surface area (Å²) in [5.41, 5.74) is 2.08. The van der Waals surface area contributed by atoms with Gasteiger partial charge in [-0.15, -0.1) is 11.3 Å². The summed E-state index contributed by atoms with van der Waals surface area (Å²) in [4.78, 5) is 28.1. The Balaban J connectivity index is 2.11. The average Bonchev–Trinajstić information content (AvgIpc) is 3.17. The van der Waals surface area contributed by atoms with Gasteiger partial charge in [0.25, 0.3) is 5.91 Å². The minimum absolute atomic E-state index is 0.187. The number of rotatable bonds is 5. The third-order valence-corrected chi connectivity index (χ3v) is 5.34. The zero-order valence-electron chi connectivity index (χ0n) is 14.5. The second kappa shape index (κ2) is 6.84. The number of aliphatic hydroxyl groups is 1. The van der Waals surface area contributed by atoms with Crippen molar-refractivity contribution >= 4 is 23.0 Å². The largest absolute Gasteiger partial charge is 0.503 e. The van der Waals surface area contributed by atoms with Gasteiger partial charge in [-0.3, -0.25) is 9.59 Å². The van der Waals surface area contributed by atoms with Crippen LogP contribution in [0, 0.1) is 12.8 Å². The minimum atomic E-state index is -0.550. The Morgan fingerprint density at radius 3 is 2.56 bits per heavy atom. The summed E-state index contributed by atoms with van der Waals surface area (Å²) in [6, 6.07) is 11.0. The number of aryl methyl sites for hydroxylation is 1. The maximum absolute atomic E-state index is 12.7. The Bertz CT molecular complexity index is 836. The van der Waals surface area contributed by atoms with Crippen molar-refractivity contribution in [3.05, 3.63) is 69.1 Å². The molecule has 2 heterocycles. The van der Waals surface area contributed by atoms with Crippen LogP contribution in [0.3, 0.4) is 0 Å². The maximum atomic E-state index is 12.7. The van der Waals surface area contributed by atoms with Crippen molar-refractivity contribution in [2.75, 3.05) is 0 Å². The average molecular weight is 355 g/mol. The van der Waals surface area contributed by atoms with E-state index in [0.29, 0.717) is 6.54 Å². The standard InChI is InChI=1S/C20H21NO3S/c1-12(2)18(22)16-17(15-9-5-4-7-13(15)3)21(20(24)19(16)23)11-14-8-6-10-25-14/h4-10,12,17,23H,11H2,1-3H3. The molecule has 1 aliphatic heterocycles. The molecular weight excluding hydrogens is 334 g/mol. The van der Waals surface area contributed by atoms with Gasteiger partial charge >= 0.3 is 0 Å². The highest BCUT2D eigenvalue weighted by Gasteiger charge is 2.44. The number of amides is 1. The Labute approximate surface area is 151 Å². The van der Waals surface area contributed by atoms with Crippen LogP contribution in [0.4, 0.5) is 0 Å². The molecule has 1 N–H and O–H groups in total. The Kier molecular flexibility index (Phi) is 4.77. The van der Waals surface area contributed by atoms with E-state index in [4.69, 9.17) is 0 Å². The molecule has 1 aromatic heterocycles. The molecule has 0 radical (unpaired) electrons. The van der Waals surface area contributed by atoms with E-state index in [2.05, 4.69) is 0 Å². The number of Topliss-reactive ketones (excluding diaryl/α,β-unsaturated/α-hetero) is 1. The summed E-state index contributed by atoms with van der Waals surface area (Å²) in [6.45, 7) is 5.89. The summed E-state index contributed by atoms with van der Waals surface area (Å²) in [7, 11) is 0. The number of ketones is 1. The monoisotopic (exact) mass is 355 g/mol. The number of carbonyl (C=O) groups is 2. The topological polar surface area (TPSA) is 57.6 Å². The molecule has 0 bridgehead atoms. The molecule has 25 heavy (non-hydrogen) atoms. The van der Waals surface area contributed by atoms with E-state index in [0.717, 1.165) is 16.0 Å². The molecular formula is C20H21NO3S. The van der Waals surface area contributed by atoms with Crippen molar-refractivity contribution in [2.24, 2.45) is 5.92 Å². The van der Waals surface area contributed by atoms with E-state index in [1.54, 1.807) is 30.1 Å². The summed E-state index contributed by atoms with van der Waals surface area (Å²) in [5, 5.41) is 12.4. The van der Waals surface area contributed by atoms with Gasteiger partial charge in [0.2, 0.25) is 0 Å².